The first-order valence-corrected chi connectivity index (χ1v) is 12.9. The summed E-state index contributed by atoms with van der Waals surface area (Å²) in [4.78, 5) is 2.37. The van der Waals surface area contributed by atoms with E-state index in [2.05, 4.69) is 4.90 Å². The van der Waals surface area contributed by atoms with Crippen molar-refractivity contribution in [2.45, 2.75) is 68.4 Å². The number of aliphatic hydroxyl groups excluding tert-OH is 1. The predicted octanol–water partition coefficient (Wildman–Crippen LogP) is 7.50. The second kappa shape index (κ2) is 10.6. The molecule has 5 rings (SSSR count). The first-order valence-electron chi connectivity index (χ1n) is 12.9. The largest absolute Gasteiger partial charge is 0.416 e. The molecule has 208 valence electrons. The van der Waals surface area contributed by atoms with E-state index in [9.17, 15) is 31.4 Å². The van der Waals surface area contributed by atoms with Crippen molar-refractivity contribution in [1.29, 1.82) is 0 Å². The van der Waals surface area contributed by atoms with Gasteiger partial charge in [-0.15, -0.1) is 0 Å². The summed E-state index contributed by atoms with van der Waals surface area (Å²) in [5, 5.41) is 10.2. The van der Waals surface area contributed by atoms with Crippen LogP contribution in [0.15, 0.2) is 78.9 Å². The van der Waals surface area contributed by atoms with Gasteiger partial charge in [-0.3, -0.25) is 4.90 Å². The Labute approximate surface area is 223 Å². The molecule has 9 heteroatoms. The van der Waals surface area contributed by atoms with Crippen LogP contribution in [0.1, 0.15) is 59.6 Å². The number of nitrogens with zero attached hydrogens (tertiary/aromatic N) is 1. The van der Waals surface area contributed by atoms with Gasteiger partial charge in [-0.2, -0.15) is 26.3 Å². The van der Waals surface area contributed by atoms with Crippen LogP contribution >= 0.6 is 0 Å². The fourth-order valence-corrected chi connectivity index (χ4v) is 6.28. The molecule has 2 aliphatic rings. The molecule has 2 bridgehead atoms. The van der Waals surface area contributed by atoms with Crippen molar-refractivity contribution in [3.05, 3.63) is 107 Å². The first kappa shape index (κ1) is 27.7. The van der Waals surface area contributed by atoms with E-state index in [1.165, 1.54) is 0 Å². The molecular weight excluding hydrogens is 520 g/mol. The standard InChI is InChI=1S/C30H29F6NO2/c31-29(32,33)23-15-21(16-24(17-23)30(34,35)36)26(19-38)39-27-12-11-25-13-14-28(27,22-9-5-2-6-10-22)37(25)18-20-7-3-1-4-8-20/h1-10,15-17,25-27,38H,11-14,18-19H2/t25?,26?,27?,28-/m1/s1. The van der Waals surface area contributed by atoms with Crippen LogP contribution in [0.5, 0.6) is 0 Å². The minimum Gasteiger partial charge on any atom is -0.393 e. The fourth-order valence-electron chi connectivity index (χ4n) is 6.28. The van der Waals surface area contributed by atoms with Crippen molar-refractivity contribution < 1.29 is 36.2 Å². The number of alkyl halides is 6. The van der Waals surface area contributed by atoms with Gasteiger partial charge in [-0.25, -0.2) is 0 Å². The van der Waals surface area contributed by atoms with Crippen LogP contribution in [0.25, 0.3) is 0 Å². The van der Waals surface area contributed by atoms with E-state index in [-0.39, 0.29) is 17.7 Å². The lowest BCUT2D eigenvalue weighted by Gasteiger charge is -2.51. The molecule has 0 amide bonds. The molecule has 0 saturated carbocycles. The average Bonchev–Trinajstić information content (AvgIpc) is 3.15. The van der Waals surface area contributed by atoms with Gasteiger partial charge in [0.05, 0.1) is 29.4 Å². The Morgan fingerprint density at radius 2 is 1.41 bits per heavy atom. The normalized spacial score (nSPS) is 24.6. The summed E-state index contributed by atoms with van der Waals surface area (Å²) in [6, 6.07) is 21.2. The minimum atomic E-state index is -4.99. The van der Waals surface area contributed by atoms with Gasteiger partial charge in [0.2, 0.25) is 0 Å². The van der Waals surface area contributed by atoms with Crippen molar-refractivity contribution in [3.8, 4) is 0 Å². The number of rotatable bonds is 7. The molecule has 2 heterocycles. The van der Waals surface area contributed by atoms with Gasteiger partial charge < -0.3 is 9.84 Å². The highest BCUT2D eigenvalue weighted by atomic mass is 19.4. The molecule has 0 aromatic heterocycles. The summed E-state index contributed by atoms with van der Waals surface area (Å²) < 4.78 is 87.7. The summed E-state index contributed by atoms with van der Waals surface area (Å²) >= 11 is 0. The molecule has 39 heavy (non-hydrogen) atoms. The highest BCUT2D eigenvalue weighted by Crippen LogP contribution is 2.53. The maximum atomic E-state index is 13.5. The lowest BCUT2D eigenvalue weighted by Crippen LogP contribution is -2.56. The maximum absolute atomic E-state index is 13.5. The molecule has 4 atom stereocenters. The molecule has 3 unspecified atom stereocenters. The molecule has 0 spiro atoms. The van der Waals surface area contributed by atoms with Crippen LogP contribution in [0.3, 0.4) is 0 Å². The predicted molar refractivity (Wildman–Crippen MR) is 134 cm³/mol. The van der Waals surface area contributed by atoms with Gasteiger partial charge >= 0.3 is 12.4 Å². The average molecular weight is 550 g/mol. The van der Waals surface area contributed by atoms with Crippen molar-refractivity contribution in [3.63, 3.8) is 0 Å². The number of hydrogen-bond acceptors (Lipinski definition) is 3. The van der Waals surface area contributed by atoms with Gasteiger partial charge in [0.15, 0.2) is 0 Å². The smallest absolute Gasteiger partial charge is 0.393 e. The zero-order valence-corrected chi connectivity index (χ0v) is 21.1. The number of fused-ring (bicyclic) bond motifs is 2. The monoisotopic (exact) mass is 549 g/mol. The summed E-state index contributed by atoms with van der Waals surface area (Å²) in [5.41, 5.74) is -1.79. The first-order chi connectivity index (χ1) is 18.5. The lowest BCUT2D eigenvalue weighted by atomic mass is 9.78. The van der Waals surface area contributed by atoms with E-state index < -0.39 is 47.8 Å². The van der Waals surface area contributed by atoms with Gasteiger partial charge in [0.25, 0.3) is 0 Å². The van der Waals surface area contributed by atoms with E-state index in [0.29, 0.717) is 31.5 Å². The molecule has 3 aromatic carbocycles. The van der Waals surface area contributed by atoms with E-state index in [4.69, 9.17) is 4.74 Å². The highest BCUT2D eigenvalue weighted by molar-refractivity contribution is 5.36. The molecule has 3 nitrogen and oxygen atoms in total. The Balaban J connectivity index is 1.55. The zero-order valence-electron chi connectivity index (χ0n) is 21.1. The fraction of sp³-hybridized carbons (Fsp3) is 0.400. The van der Waals surface area contributed by atoms with Crippen LogP contribution in [-0.4, -0.2) is 28.8 Å². The Bertz CT molecular complexity index is 1230. The minimum absolute atomic E-state index is 0.0904. The summed E-state index contributed by atoms with van der Waals surface area (Å²) in [6.07, 6.45) is -8.99. The maximum Gasteiger partial charge on any atom is 0.416 e. The van der Waals surface area contributed by atoms with Crippen molar-refractivity contribution in [2.24, 2.45) is 0 Å². The third-order valence-electron chi connectivity index (χ3n) is 8.05. The van der Waals surface area contributed by atoms with E-state index in [1.807, 2.05) is 60.7 Å². The van der Waals surface area contributed by atoms with E-state index >= 15 is 0 Å². The van der Waals surface area contributed by atoms with Crippen LogP contribution in [0, 0.1) is 0 Å². The number of ether oxygens (including phenoxy) is 1. The topological polar surface area (TPSA) is 32.7 Å². The molecular formula is C30H29F6NO2. The summed E-state index contributed by atoms with van der Waals surface area (Å²) in [7, 11) is 0. The molecule has 2 saturated heterocycles. The second-order valence-corrected chi connectivity index (χ2v) is 10.3. The van der Waals surface area contributed by atoms with Crippen LogP contribution in [0.2, 0.25) is 0 Å². The SMILES string of the molecule is OCC(OC1CCC2CC[C@]1(c1ccccc1)N2Cc1ccccc1)c1cc(C(F)(F)F)cc(C(F)(F)F)c1. The Morgan fingerprint density at radius 1 is 0.821 bits per heavy atom. The number of aliphatic hydroxyl groups is 1. The van der Waals surface area contributed by atoms with E-state index in [0.717, 1.165) is 24.0 Å². The molecule has 0 radical (unpaired) electrons. The lowest BCUT2D eigenvalue weighted by molar-refractivity contribution is -0.146. The Morgan fingerprint density at radius 3 is 1.97 bits per heavy atom. The van der Waals surface area contributed by atoms with Gasteiger partial charge in [0.1, 0.15) is 6.10 Å². The molecule has 2 fully saturated rings. The number of hydrogen-bond donors (Lipinski definition) is 1. The van der Waals surface area contributed by atoms with Crippen LogP contribution in [-0.2, 0) is 29.2 Å². The van der Waals surface area contributed by atoms with Gasteiger partial charge in [-0.1, -0.05) is 60.7 Å². The summed E-state index contributed by atoms with van der Waals surface area (Å²) in [6.45, 7) is -0.145. The molecule has 0 aliphatic carbocycles. The highest BCUT2D eigenvalue weighted by Gasteiger charge is 2.56. The number of benzene rings is 3. The number of halogens is 6. The van der Waals surface area contributed by atoms with Crippen molar-refractivity contribution in [2.75, 3.05) is 6.61 Å². The quantitative estimate of drug-likeness (QED) is 0.310. The van der Waals surface area contributed by atoms with Crippen LogP contribution < -0.4 is 0 Å². The van der Waals surface area contributed by atoms with Gasteiger partial charge in [-0.05, 0) is 60.6 Å². The van der Waals surface area contributed by atoms with Gasteiger partial charge in [0, 0.05) is 12.6 Å². The molecule has 2 aliphatic heterocycles. The van der Waals surface area contributed by atoms with Crippen molar-refractivity contribution in [1.82, 2.24) is 4.90 Å². The molecule has 3 aromatic rings. The van der Waals surface area contributed by atoms with Crippen LogP contribution in [0.4, 0.5) is 26.3 Å². The zero-order chi connectivity index (χ0) is 27.8. The van der Waals surface area contributed by atoms with Crippen molar-refractivity contribution >= 4 is 0 Å². The summed E-state index contributed by atoms with van der Waals surface area (Å²) in [5.74, 6) is 0. The Kier molecular flexibility index (Phi) is 7.52. The van der Waals surface area contributed by atoms with E-state index in [1.54, 1.807) is 0 Å². The third kappa shape index (κ3) is 5.44. The second-order valence-electron chi connectivity index (χ2n) is 10.3. The Hall–Kier alpha value is -2.88. The third-order valence-corrected chi connectivity index (χ3v) is 8.05. The number of piperidine rings is 1. The molecule has 1 N–H and O–H groups in total.